The number of rotatable bonds is 6. The van der Waals surface area contributed by atoms with Crippen LogP contribution in [0.2, 0.25) is 0 Å². The van der Waals surface area contributed by atoms with E-state index < -0.39 is 0 Å². The molecule has 3 fully saturated rings. The zero-order valence-corrected chi connectivity index (χ0v) is 23.1. The number of anilines is 3. The standard InChI is InChI=1S/C29H41FN6S/c1-21-16-22(2)19-36(18-21)26-17-25(35-14-6-7-15-35)32-27(33-26)34-28(37)31-20-29(12-4-3-5-13-29)23-8-10-24(30)11-9-23/h8-11,17,21-22H,3-7,12-16,18-20H2,1-2H3,(H2,31,32,33,34,37)/t21-,22-/m1/s1. The Morgan fingerprint density at radius 1 is 0.946 bits per heavy atom. The third-order valence-electron chi connectivity index (χ3n) is 8.40. The van der Waals surface area contributed by atoms with Gasteiger partial charge in [-0.1, -0.05) is 45.2 Å². The van der Waals surface area contributed by atoms with E-state index in [1.807, 2.05) is 12.1 Å². The molecule has 3 heterocycles. The third kappa shape index (κ3) is 6.33. The SMILES string of the molecule is C[C@@H]1C[C@@H](C)CN(c2cc(N3CCCC3)nc(NC(=S)NCC3(c4ccc(F)cc4)CCCCC3)n2)C1. The van der Waals surface area contributed by atoms with Crippen molar-refractivity contribution in [3.8, 4) is 0 Å². The van der Waals surface area contributed by atoms with Crippen LogP contribution < -0.4 is 20.4 Å². The molecule has 0 unspecified atom stereocenters. The molecule has 2 aromatic rings. The number of hydrogen-bond donors (Lipinski definition) is 2. The third-order valence-corrected chi connectivity index (χ3v) is 8.65. The van der Waals surface area contributed by atoms with Crippen molar-refractivity contribution in [3.05, 3.63) is 41.7 Å². The smallest absolute Gasteiger partial charge is 0.232 e. The molecule has 200 valence electrons. The molecule has 1 aromatic heterocycles. The van der Waals surface area contributed by atoms with E-state index in [-0.39, 0.29) is 11.2 Å². The summed E-state index contributed by atoms with van der Waals surface area (Å²) in [6, 6.07) is 9.18. The Balaban J connectivity index is 1.32. The van der Waals surface area contributed by atoms with Gasteiger partial charge in [-0.25, -0.2) is 4.39 Å². The van der Waals surface area contributed by atoms with Crippen LogP contribution in [-0.4, -0.2) is 47.8 Å². The van der Waals surface area contributed by atoms with Gasteiger partial charge in [0.15, 0.2) is 5.11 Å². The summed E-state index contributed by atoms with van der Waals surface area (Å²) in [5.74, 6) is 3.62. The van der Waals surface area contributed by atoms with E-state index in [2.05, 4.69) is 40.3 Å². The number of hydrogen-bond acceptors (Lipinski definition) is 5. The highest BCUT2D eigenvalue weighted by atomic mass is 32.1. The van der Waals surface area contributed by atoms with Gasteiger partial charge in [-0.15, -0.1) is 0 Å². The molecule has 2 atom stereocenters. The van der Waals surface area contributed by atoms with Gasteiger partial charge in [0.2, 0.25) is 5.95 Å². The van der Waals surface area contributed by atoms with E-state index in [0.717, 1.165) is 50.7 Å². The van der Waals surface area contributed by atoms with Crippen molar-refractivity contribution < 1.29 is 4.39 Å². The molecule has 1 saturated carbocycles. The molecule has 2 N–H and O–H groups in total. The molecule has 8 heteroatoms. The summed E-state index contributed by atoms with van der Waals surface area (Å²) in [7, 11) is 0. The van der Waals surface area contributed by atoms with Gasteiger partial charge in [-0.2, -0.15) is 9.97 Å². The molecular weight excluding hydrogens is 483 g/mol. The van der Waals surface area contributed by atoms with Gasteiger partial charge in [0.25, 0.3) is 0 Å². The molecule has 0 radical (unpaired) electrons. The van der Waals surface area contributed by atoms with Crippen molar-refractivity contribution in [2.45, 2.75) is 70.6 Å². The topological polar surface area (TPSA) is 56.3 Å². The summed E-state index contributed by atoms with van der Waals surface area (Å²) in [5, 5.41) is 7.32. The van der Waals surface area contributed by atoms with Crippen molar-refractivity contribution in [2.24, 2.45) is 11.8 Å². The van der Waals surface area contributed by atoms with E-state index in [0.29, 0.717) is 29.4 Å². The van der Waals surface area contributed by atoms with Gasteiger partial charge < -0.3 is 20.4 Å². The Kier molecular flexibility index (Phi) is 8.12. The second kappa shape index (κ2) is 11.5. The van der Waals surface area contributed by atoms with Gasteiger partial charge in [0.05, 0.1) is 0 Å². The molecule has 0 bridgehead atoms. The average Bonchev–Trinajstić information content (AvgIpc) is 3.43. The molecule has 5 rings (SSSR count). The average molecular weight is 525 g/mol. The Bertz CT molecular complexity index is 1050. The number of nitrogens with one attached hydrogen (secondary N) is 2. The molecule has 1 aromatic carbocycles. The molecular formula is C29H41FN6S. The second-order valence-corrected chi connectivity index (χ2v) is 12.0. The van der Waals surface area contributed by atoms with Crippen LogP contribution in [0.25, 0.3) is 0 Å². The Hall–Kier alpha value is -2.48. The molecule has 37 heavy (non-hydrogen) atoms. The lowest BCUT2D eigenvalue weighted by Crippen LogP contribution is -2.44. The monoisotopic (exact) mass is 524 g/mol. The molecule has 1 aliphatic carbocycles. The van der Waals surface area contributed by atoms with E-state index in [4.69, 9.17) is 22.2 Å². The number of piperidine rings is 1. The minimum absolute atomic E-state index is 0.0405. The van der Waals surface area contributed by atoms with Crippen LogP contribution in [0, 0.1) is 17.7 Å². The predicted molar refractivity (Wildman–Crippen MR) is 154 cm³/mol. The van der Waals surface area contributed by atoms with E-state index in [9.17, 15) is 4.39 Å². The molecule has 6 nitrogen and oxygen atoms in total. The van der Waals surface area contributed by atoms with Crippen LogP contribution in [0.5, 0.6) is 0 Å². The van der Waals surface area contributed by atoms with Gasteiger partial charge in [-0.3, -0.25) is 0 Å². The summed E-state index contributed by atoms with van der Waals surface area (Å²) in [4.78, 5) is 14.6. The Labute approximate surface area is 226 Å². The van der Waals surface area contributed by atoms with Gasteiger partial charge in [0, 0.05) is 44.2 Å². The van der Waals surface area contributed by atoms with E-state index >= 15 is 0 Å². The first-order chi connectivity index (χ1) is 17.9. The zero-order chi connectivity index (χ0) is 25.8. The highest BCUT2D eigenvalue weighted by Gasteiger charge is 2.34. The lowest BCUT2D eigenvalue weighted by atomic mass is 9.69. The number of thiocarbonyl (C=S) groups is 1. The molecule has 2 aliphatic heterocycles. The highest BCUT2D eigenvalue weighted by Crippen LogP contribution is 2.39. The minimum atomic E-state index is -0.191. The Morgan fingerprint density at radius 2 is 1.57 bits per heavy atom. The van der Waals surface area contributed by atoms with Crippen LogP contribution in [0.4, 0.5) is 22.0 Å². The summed E-state index contributed by atoms with van der Waals surface area (Å²) in [6.45, 7) is 9.46. The molecule has 0 spiro atoms. The fraction of sp³-hybridized carbons (Fsp3) is 0.621. The zero-order valence-electron chi connectivity index (χ0n) is 22.3. The van der Waals surface area contributed by atoms with Crippen LogP contribution >= 0.6 is 12.2 Å². The normalized spacial score (nSPS) is 23.6. The van der Waals surface area contributed by atoms with Crippen molar-refractivity contribution in [2.75, 3.05) is 47.8 Å². The van der Waals surface area contributed by atoms with Crippen molar-refractivity contribution in [3.63, 3.8) is 0 Å². The fourth-order valence-electron chi connectivity index (χ4n) is 6.59. The van der Waals surface area contributed by atoms with E-state index in [1.54, 1.807) is 12.1 Å². The maximum Gasteiger partial charge on any atom is 0.232 e. The first-order valence-electron chi connectivity index (χ1n) is 14.1. The second-order valence-electron chi connectivity index (χ2n) is 11.6. The number of nitrogens with zero attached hydrogens (tertiary/aromatic N) is 4. The first kappa shape index (κ1) is 26.1. The minimum Gasteiger partial charge on any atom is -0.361 e. The number of benzene rings is 1. The van der Waals surface area contributed by atoms with Gasteiger partial charge in [0.1, 0.15) is 17.5 Å². The summed E-state index contributed by atoms with van der Waals surface area (Å²) >= 11 is 5.75. The molecule has 0 amide bonds. The first-order valence-corrected chi connectivity index (χ1v) is 14.5. The summed E-state index contributed by atoms with van der Waals surface area (Å²) in [5.41, 5.74) is 1.15. The molecule has 2 saturated heterocycles. The lowest BCUT2D eigenvalue weighted by Gasteiger charge is -2.38. The highest BCUT2D eigenvalue weighted by molar-refractivity contribution is 7.80. The van der Waals surface area contributed by atoms with Crippen LogP contribution in [0.3, 0.4) is 0 Å². The quantitative estimate of drug-likeness (QED) is 0.457. The molecule has 3 aliphatic rings. The number of halogens is 1. The van der Waals surface area contributed by atoms with Crippen molar-refractivity contribution in [1.29, 1.82) is 0 Å². The van der Waals surface area contributed by atoms with Crippen molar-refractivity contribution in [1.82, 2.24) is 15.3 Å². The maximum atomic E-state index is 13.6. The lowest BCUT2D eigenvalue weighted by molar-refractivity contribution is 0.292. The number of aromatic nitrogens is 2. The fourth-order valence-corrected chi connectivity index (χ4v) is 6.76. The summed E-state index contributed by atoms with van der Waals surface area (Å²) < 4.78 is 13.6. The van der Waals surface area contributed by atoms with Crippen molar-refractivity contribution >= 4 is 34.9 Å². The largest absolute Gasteiger partial charge is 0.361 e. The van der Waals surface area contributed by atoms with Crippen LogP contribution in [0.15, 0.2) is 30.3 Å². The van der Waals surface area contributed by atoms with Crippen LogP contribution in [0.1, 0.15) is 70.8 Å². The van der Waals surface area contributed by atoms with Crippen LogP contribution in [-0.2, 0) is 5.41 Å². The maximum absolute atomic E-state index is 13.6. The predicted octanol–water partition coefficient (Wildman–Crippen LogP) is 5.89. The van der Waals surface area contributed by atoms with Gasteiger partial charge in [-0.05, 0) is 73.9 Å². The van der Waals surface area contributed by atoms with E-state index in [1.165, 1.54) is 44.1 Å². The van der Waals surface area contributed by atoms with Gasteiger partial charge >= 0.3 is 0 Å². The Morgan fingerprint density at radius 3 is 2.22 bits per heavy atom. The summed E-state index contributed by atoms with van der Waals surface area (Å²) in [6.07, 6.45) is 9.41.